The molecule has 1 N–H and O–H groups in total. The van der Waals surface area contributed by atoms with Crippen LogP contribution in [0.3, 0.4) is 0 Å². The summed E-state index contributed by atoms with van der Waals surface area (Å²) in [5, 5.41) is 3.24. The number of rotatable bonds is 5. The van der Waals surface area contributed by atoms with E-state index >= 15 is 0 Å². The van der Waals surface area contributed by atoms with E-state index in [4.69, 9.17) is 0 Å². The van der Waals surface area contributed by atoms with Crippen LogP contribution in [0.4, 0.5) is 10.2 Å². The van der Waals surface area contributed by atoms with Crippen molar-refractivity contribution in [2.75, 3.05) is 24.5 Å². The average molecular weight is 265 g/mol. The van der Waals surface area contributed by atoms with Crippen molar-refractivity contribution in [3.8, 4) is 0 Å². The second kappa shape index (κ2) is 6.85. The van der Waals surface area contributed by atoms with Crippen LogP contribution in [0.25, 0.3) is 0 Å². The molecule has 106 valence electrons. The van der Waals surface area contributed by atoms with Crippen molar-refractivity contribution >= 4 is 5.82 Å². The third kappa shape index (κ3) is 3.66. The fraction of sp³-hybridized carbons (Fsp3) is 0.667. The molecule has 0 radical (unpaired) electrons. The molecule has 3 nitrogen and oxygen atoms in total. The fourth-order valence-corrected chi connectivity index (χ4v) is 2.45. The molecule has 0 saturated carbocycles. The summed E-state index contributed by atoms with van der Waals surface area (Å²) < 4.78 is 14.4. The van der Waals surface area contributed by atoms with Gasteiger partial charge < -0.3 is 10.2 Å². The second-order valence-electron chi connectivity index (χ2n) is 5.45. The normalized spacial score (nSPS) is 16.9. The lowest BCUT2D eigenvalue weighted by atomic mass is 9.99. The third-order valence-electron chi connectivity index (χ3n) is 3.78. The van der Waals surface area contributed by atoms with Gasteiger partial charge in [-0.15, -0.1) is 0 Å². The predicted octanol–water partition coefficient (Wildman–Crippen LogP) is 2.96. The number of nitrogens with zero attached hydrogens (tertiary/aromatic N) is 2. The van der Waals surface area contributed by atoms with E-state index in [9.17, 15) is 4.39 Å². The molecule has 2 rings (SSSR count). The Kier molecular flexibility index (Phi) is 5.14. The van der Waals surface area contributed by atoms with Crippen LogP contribution in [0.15, 0.2) is 12.3 Å². The molecular weight excluding hydrogens is 241 g/mol. The van der Waals surface area contributed by atoms with E-state index in [0.29, 0.717) is 12.4 Å². The minimum absolute atomic E-state index is 0.152. The molecule has 0 spiro atoms. The predicted molar refractivity (Wildman–Crippen MR) is 76.8 cm³/mol. The van der Waals surface area contributed by atoms with Crippen LogP contribution in [0, 0.1) is 11.7 Å². The van der Waals surface area contributed by atoms with E-state index < -0.39 is 0 Å². The summed E-state index contributed by atoms with van der Waals surface area (Å²) in [6.07, 6.45) is 5.03. The number of hydrogen-bond donors (Lipinski definition) is 1. The third-order valence-corrected chi connectivity index (χ3v) is 3.78. The average Bonchev–Trinajstić information content (AvgIpc) is 2.42. The molecule has 0 aliphatic carbocycles. The minimum atomic E-state index is -0.152. The smallest absolute Gasteiger partial charge is 0.170 e. The maximum Gasteiger partial charge on any atom is 0.170 e. The van der Waals surface area contributed by atoms with Crippen LogP contribution in [-0.4, -0.2) is 24.6 Å². The molecule has 1 fully saturated rings. The monoisotopic (exact) mass is 265 g/mol. The topological polar surface area (TPSA) is 28.2 Å². The highest BCUT2D eigenvalue weighted by Crippen LogP contribution is 2.25. The van der Waals surface area contributed by atoms with Gasteiger partial charge in [-0.2, -0.15) is 0 Å². The van der Waals surface area contributed by atoms with Crippen molar-refractivity contribution in [3.63, 3.8) is 0 Å². The first-order valence-corrected chi connectivity index (χ1v) is 7.31. The zero-order valence-corrected chi connectivity index (χ0v) is 12.0. The fourth-order valence-electron chi connectivity index (χ4n) is 2.45. The van der Waals surface area contributed by atoms with Gasteiger partial charge in [-0.05, 0) is 37.8 Å². The summed E-state index contributed by atoms with van der Waals surface area (Å²) >= 11 is 0. The number of piperidine rings is 1. The molecule has 1 saturated heterocycles. The summed E-state index contributed by atoms with van der Waals surface area (Å²) in [5.41, 5.74) is 0.720. The molecule has 1 aliphatic rings. The SMILES string of the molecule is CCCNCc1ccnc(N2CCC(C)CC2)c1F. The van der Waals surface area contributed by atoms with Crippen molar-refractivity contribution in [2.24, 2.45) is 5.92 Å². The maximum atomic E-state index is 14.4. The highest BCUT2D eigenvalue weighted by Gasteiger charge is 2.20. The van der Waals surface area contributed by atoms with Crippen molar-refractivity contribution in [3.05, 3.63) is 23.6 Å². The first kappa shape index (κ1) is 14.3. The van der Waals surface area contributed by atoms with Crippen molar-refractivity contribution in [2.45, 2.75) is 39.7 Å². The highest BCUT2D eigenvalue weighted by molar-refractivity contribution is 5.43. The zero-order chi connectivity index (χ0) is 13.7. The number of aromatic nitrogens is 1. The van der Waals surface area contributed by atoms with Gasteiger partial charge in [0.2, 0.25) is 0 Å². The lowest BCUT2D eigenvalue weighted by molar-refractivity contribution is 0.431. The molecule has 1 aromatic heterocycles. The molecule has 1 aromatic rings. The minimum Gasteiger partial charge on any atom is -0.354 e. The number of halogens is 1. The molecule has 19 heavy (non-hydrogen) atoms. The lowest BCUT2D eigenvalue weighted by Gasteiger charge is -2.31. The highest BCUT2D eigenvalue weighted by atomic mass is 19.1. The van der Waals surface area contributed by atoms with E-state index in [2.05, 4.69) is 29.0 Å². The molecule has 0 amide bonds. The first-order valence-electron chi connectivity index (χ1n) is 7.31. The Morgan fingerprint density at radius 1 is 1.42 bits per heavy atom. The van der Waals surface area contributed by atoms with Crippen LogP contribution in [0.2, 0.25) is 0 Å². The van der Waals surface area contributed by atoms with Gasteiger partial charge in [-0.25, -0.2) is 9.37 Å². The Morgan fingerprint density at radius 2 is 2.16 bits per heavy atom. The van der Waals surface area contributed by atoms with Gasteiger partial charge in [0, 0.05) is 31.4 Å². The van der Waals surface area contributed by atoms with E-state index in [0.717, 1.165) is 50.4 Å². The van der Waals surface area contributed by atoms with Gasteiger partial charge in [0.25, 0.3) is 0 Å². The summed E-state index contributed by atoms with van der Waals surface area (Å²) in [5.74, 6) is 1.12. The molecule has 0 unspecified atom stereocenters. The van der Waals surface area contributed by atoms with Gasteiger partial charge in [-0.1, -0.05) is 13.8 Å². The number of anilines is 1. The molecule has 4 heteroatoms. The van der Waals surface area contributed by atoms with Gasteiger partial charge in [0.05, 0.1) is 0 Å². The molecule has 2 heterocycles. The Bertz CT molecular complexity index is 400. The Morgan fingerprint density at radius 3 is 2.84 bits per heavy atom. The van der Waals surface area contributed by atoms with Gasteiger partial charge in [-0.3, -0.25) is 0 Å². The maximum absolute atomic E-state index is 14.4. The zero-order valence-electron chi connectivity index (χ0n) is 12.0. The Hall–Kier alpha value is -1.16. The summed E-state index contributed by atoms with van der Waals surface area (Å²) in [6, 6.07) is 1.77. The van der Waals surface area contributed by atoms with Crippen LogP contribution in [0.5, 0.6) is 0 Å². The first-order chi connectivity index (χ1) is 9.22. The van der Waals surface area contributed by atoms with Crippen LogP contribution < -0.4 is 10.2 Å². The quantitative estimate of drug-likeness (QED) is 0.830. The summed E-state index contributed by atoms with van der Waals surface area (Å²) in [6.45, 7) is 7.69. The van der Waals surface area contributed by atoms with E-state index in [1.54, 1.807) is 12.3 Å². The largest absolute Gasteiger partial charge is 0.354 e. The number of pyridine rings is 1. The Labute approximate surface area is 115 Å². The van der Waals surface area contributed by atoms with E-state index in [1.165, 1.54) is 0 Å². The molecule has 0 bridgehead atoms. The standard InChI is InChI=1S/C15H24FN3/c1-3-7-17-11-13-4-8-18-15(14(13)16)19-9-5-12(2)6-10-19/h4,8,12,17H,3,5-7,9-11H2,1-2H3. The molecule has 1 aliphatic heterocycles. The number of nitrogens with one attached hydrogen (secondary N) is 1. The number of hydrogen-bond acceptors (Lipinski definition) is 3. The van der Waals surface area contributed by atoms with E-state index in [-0.39, 0.29) is 5.82 Å². The summed E-state index contributed by atoms with van der Waals surface area (Å²) in [4.78, 5) is 6.32. The van der Waals surface area contributed by atoms with Crippen LogP contribution >= 0.6 is 0 Å². The Balaban J connectivity index is 2.06. The molecular formula is C15H24FN3. The van der Waals surface area contributed by atoms with Crippen LogP contribution in [0.1, 0.15) is 38.7 Å². The van der Waals surface area contributed by atoms with Gasteiger partial charge >= 0.3 is 0 Å². The van der Waals surface area contributed by atoms with Crippen molar-refractivity contribution in [1.82, 2.24) is 10.3 Å². The van der Waals surface area contributed by atoms with Gasteiger partial charge in [0.1, 0.15) is 0 Å². The van der Waals surface area contributed by atoms with Crippen molar-refractivity contribution in [1.29, 1.82) is 0 Å². The van der Waals surface area contributed by atoms with Crippen molar-refractivity contribution < 1.29 is 4.39 Å². The van der Waals surface area contributed by atoms with Gasteiger partial charge in [0.15, 0.2) is 11.6 Å². The molecule has 0 atom stereocenters. The summed E-state index contributed by atoms with van der Waals surface area (Å²) in [7, 11) is 0. The molecule has 0 aromatic carbocycles. The van der Waals surface area contributed by atoms with Crippen LogP contribution in [-0.2, 0) is 6.54 Å². The second-order valence-corrected chi connectivity index (χ2v) is 5.45. The van der Waals surface area contributed by atoms with E-state index in [1.807, 2.05) is 0 Å². The lowest BCUT2D eigenvalue weighted by Crippen LogP contribution is -2.34.